The minimum Gasteiger partial charge on any atom is -0.504 e. The van der Waals surface area contributed by atoms with Gasteiger partial charge in [-0.05, 0) is 96.2 Å². The van der Waals surface area contributed by atoms with Crippen LogP contribution >= 0.6 is 22.6 Å². The van der Waals surface area contributed by atoms with Gasteiger partial charge < -0.3 is 19.3 Å². The number of methoxy groups -OCH3 is 1. The molecule has 0 radical (unpaired) electrons. The third-order valence-electron chi connectivity index (χ3n) is 8.19. The summed E-state index contributed by atoms with van der Waals surface area (Å²) in [5.41, 5.74) is 4.39. The van der Waals surface area contributed by atoms with Crippen LogP contribution in [0.15, 0.2) is 59.2 Å². The number of phenols is 1. The number of rotatable bonds is 10. The zero-order valence-corrected chi connectivity index (χ0v) is 25.3. The molecule has 0 spiro atoms. The molecule has 4 atom stereocenters. The van der Waals surface area contributed by atoms with Crippen LogP contribution in [0.2, 0.25) is 0 Å². The number of carbonyl (C=O) groups excluding carboxylic acids is 2. The molecule has 7 nitrogen and oxygen atoms in total. The number of amides is 2. The van der Waals surface area contributed by atoms with E-state index in [2.05, 4.69) is 35.6 Å². The number of aromatic hydroxyl groups is 1. The van der Waals surface area contributed by atoms with Crippen LogP contribution in [0.4, 0.5) is 0 Å². The Kier molecular flexibility index (Phi) is 8.85. The predicted molar refractivity (Wildman–Crippen MR) is 161 cm³/mol. The van der Waals surface area contributed by atoms with E-state index in [4.69, 9.17) is 14.2 Å². The van der Waals surface area contributed by atoms with E-state index in [1.54, 1.807) is 7.11 Å². The van der Waals surface area contributed by atoms with Crippen molar-refractivity contribution in [3.05, 3.63) is 68.3 Å². The zero-order valence-electron chi connectivity index (χ0n) is 23.2. The highest BCUT2D eigenvalue weighted by Crippen LogP contribution is 2.50. The van der Waals surface area contributed by atoms with Gasteiger partial charge in [0.2, 0.25) is 11.8 Å². The summed E-state index contributed by atoms with van der Waals surface area (Å²) in [7, 11) is 1.55. The summed E-state index contributed by atoms with van der Waals surface area (Å²) in [6.45, 7) is 5.38. The Morgan fingerprint density at radius 3 is 2.67 bits per heavy atom. The van der Waals surface area contributed by atoms with Gasteiger partial charge in [0.15, 0.2) is 11.5 Å². The van der Waals surface area contributed by atoms with Gasteiger partial charge in [-0.3, -0.25) is 14.5 Å². The normalized spacial score (nSPS) is 24.4. The Bertz CT molecular complexity index is 1340. The van der Waals surface area contributed by atoms with Gasteiger partial charge in [0.25, 0.3) is 0 Å². The molecule has 1 aliphatic carbocycles. The van der Waals surface area contributed by atoms with Crippen molar-refractivity contribution >= 4 is 40.5 Å². The smallest absolute Gasteiger partial charge is 0.233 e. The van der Waals surface area contributed by atoms with Gasteiger partial charge in [-0.15, -0.1) is 0 Å². The molecule has 2 fully saturated rings. The molecule has 212 valence electrons. The number of phenolic OH excluding ortho intramolecular Hbond substituents is 1. The number of imide groups is 1. The van der Waals surface area contributed by atoms with Crippen LogP contribution in [0.25, 0.3) is 6.08 Å². The second kappa shape index (κ2) is 12.3. The largest absolute Gasteiger partial charge is 0.504 e. The van der Waals surface area contributed by atoms with Crippen LogP contribution in [0.5, 0.6) is 17.2 Å². The Morgan fingerprint density at radius 1 is 1.18 bits per heavy atom. The summed E-state index contributed by atoms with van der Waals surface area (Å²) < 4.78 is 18.6. The van der Waals surface area contributed by atoms with Crippen LogP contribution in [0.3, 0.4) is 0 Å². The van der Waals surface area contributed by atoms with E-state index in [1.807, 2.05) is 49.4 Å². The summed E-state index contributed by atoms with van der Waals surface area (Å²) in [5, 5.41) is 10.2. The number of nitrogens with zero attached hydrogens (tertiary/aromatic N) is 1. The van der Waals surface area contributed by atoms with Gasteiger partial charge >= 0.3 is 0 Å². The lowest BCUT2D eigenvalue weighted by Crippen LogP contribution is -2.35. The van der Waals surface area contributed by atoms with Crippen molar-refractivity contribution in [3.8, 4) is 17.2 Å². The van der Waals surface area contributed by atoms with Crippen molar-refractivity contribution in [2.75, 3.05) is 26.9 Å². The number of hydrogen-bond acceptors (Lipinski definition) is 6. The maximum Gasteiger partial charge on any atom is 0.233 e. The molecule has 8 heteroatoms. The van der Waals surface area contributed by atoms with Crippen LogP contribution in [-0.4, -0.2) is 54.8 Å². The maximum absolute atomic E-state index is 13.4. The molecule has 2 aromatic rings. The zero-order chi connectivity index (χ0) is 28.4. The van der Waals surface area contributed by atoms with E-state index in [9.17, 15) is 14.7 Å². The fraction of sp³-hybridized carbons (Fsp3) is 0.438. The number of para-hydroxylation sites is 1. The number of likely N-dealkylation sites (tertiary alicyclic amines) is 1. The van der Waals surface area contributed by atoms with Crippen molar-refractivity contribution in [1.82, 2.24) is 4.90 Å². The maximum atomic E-state index is 13.4. The minimum atomic E-state index is -0.345. The summed E-state index contributed by atoms with van der Waals surface area (Å²) in [5.74, 6) is 0.514. The molecule has 2 aliphatic heterocycles. The average Bonchev–Trinajstić information content (AvgIpc) is 3.48. The van der Waals surface area contributed by atoms with Crippen LogP contribution in [0, 0.1) is 21.3 Å². The number of benzene rings is 2. The lowest BCUT2D eigenvalue weighted by molar-refractivity contribution is -0.140. The van der Waals surface area contributed by atoms with Gasteiger partial charge in [0.1, 0.15) is 12.4 Å². The van der Waals surface area contributed by atoms with E-state index in [0.29, 0.717) is 31.9 Å². The molecule has 3 aliphatic rings. The van der Waals surface area contributed by atoms with Crippen LogP contribution < -0.4 is 9.47 Å². The molecule has 2 saturated heterocycles. The number of hydrogen-bond donors (Lipinski definition) is 1. The second-order valence-electron chi connectivity index (χ2n) is 10.8. The molecule has 2 amide bonds. The number of fused-ring (bicyclic) bond motifs is 3. The first-order valence-corrected chi connectivity index (χ1v) is 15.0. The van der Waals surface area contributed by atoms with Gasteiger partial charge in [0, 0.05) is 12.5 Å². The molecule has 0 unspecified atom stereocenters. The highest BCUT2D eigenvalue weighted by Gasteiger charge is 2.56. The third-order valence-corrected chi connectivity index (χ3v) is 9.01. The van der Waals surface area contributed by atoms with Crippen molar-refractivity contribution in [3.63, 3.8) is 0 Å². The Labute approximate surface area is 249 Å². The minimum absolute atomic E-state index is 0.0430. The molecule has 0 bridgehead atoms. The highest BCUT2D eigenvalue weighted by atomic mass is 127. The molecular weight excluding hydrogens is 621 g/mol. The van der Waals surface area contributed by atoms with Gasteiger partial charge in [-0.25, -0.2) is 0 Å². The third kappa shape index (κ3) is 5.65. The van der Waals surface area contributed by atoms with E-state index in [-0.39, 0.29) is 41.4 Å². The first-order chi connectivity index (χ1) is 19.3. The van der Waals surface area contributed by atoms with E-state index in [0.717, 1.165) is 45.3 Å². The first kappa shape index (κ1) is 28.7. The van der Waals surface area contributed by atoms with E-state index >= 15 is 0 Å². The second-order valence-corrected chi connectivity index (χ2v) is 12.0. The molecule has 40 heavy (non-hydrogen) atoms. The fourth-order valence-corrected chi connectivity index (χ4v) is 6.98. The van der Waals surface area contributed by atoms with Gasteiger partial charge in [-0.1, -0.05) is 36.8 Å². The number of carbonyl (C=O) groups is 2. The Balaban J connectivity index is 1.38. The summed E-state index contributed by atoms with van der Waals surface area (Å²) in [4.78, 5) is 28.2. The molecule has 1 N–H and O–H groups in total. The van der Waals surface area contributed by atoms with Crippen molar-refractivity contribution in [1.29, 1.82) is 0 Å². The molecule has 2 aromatic carbocycles. The monoisotopic (exact) mass is 657 g/mol. The van der Waals surface area contributed by atoms with Crippen molar-refractivity contribution < 1.29 is 28.9 Å². The van der Waals surface area contributed by atoms with Crippen molar-refractivity contribution in [2.24, 2.45) is 17.8 Å². The van der Waals surface area contributed by atoms with Gasteiger partial charge in [0.05, 0.1) is 35.2 Å². The molecule has 5 rings (SSSR count). The standard InChI is InChI=1S/C32H36INO6/c1-4-12-34-31(36)23-16-21(17-39-22-8-6-5-7-9-22)28-24(29(23)32(34)37)18-40-26(28)11-10-19(2)13-20-14-25(33)30(35)27(15-20)38-3/h5-9,13-15,23-24,26,29,35H,4,10-12,16-18H2,1-3H3/b19-13+/t23-,24+,26-,29-/m1/s1. The van der Waals surface area contributed by atoms with E-state index < -0.39 is 0 Å². The quantitative estimate of drug-likeness (QED) is 0.192. The number of allylic oxidation sites excluding steroid dienone is 1. The topological polar surface area (TPSA) is 85.3 Å². The van der Waals surface area contributed by atoms with Crippen LogP contribution in [0.1, 0.15) is 45.1 Å². The van der Waals surface area contributed by atoms with Gasteiger partial charge in [-0.2, -0.15) is 0 Å². The summed E-state index contributed by atoms with van der Waals surface area (Å²) in [6, 6.07) is 13.4. The lowest BCUT2D eigenvalue weighted by Gasteiger charge is -2.31. The molecular formula is C32H36INO6. The highest BCUT2D eigenvalue weighted by molar-refractivity contribution is 14.1. The SMILES string of the molecule is CCCN1C(=O)[C@@H]2[C@@H](CC(COc3ccccc3)=C3[C@@H](CC/C(C)=C/c4cc(I)c(O)c(OC)c4)OC[C@@H]32)C1=O. The molecule has 0 aromatic heterocycles. The van der Waals surface area contributed by atoms with Crippen molar-refractivity contribution in [2.45, 2.75) is 45.6 Å². The Morgan fingerprint density at radius 2 is 1.95 bits per heavy atom. The predicted octanol–water partition coefficient (Wildman–Crippen LogP) is 5.99. The molecule has 2 heterocycles. The van der Waals surface area contributed by atoms with Crippen LogP contribution in [-0.2, 0) is 14.3 Å². The lowest BCUT2D eigenvalue weighted by atomic mass is 9.69. The summed E-state index contributed by atoms with van der Waals surface area (Å²) in [6.07, 6.45) is 4.84. The number of halogens is 1. The number of ether oxygens (including phenoxy) is 3. The molecule has 0 saturated carbocycles. The van der Waals surface area contributed by atoms with E-state index in [1.165, 1.54) is 10.5 Å². The summed E-state index contributed by atoms with van der Waals surface area (Å²) >= 11 is 2.10. The average molecular weight is 658 g/mol. The fourth-order valence-electron chi connectivity index (χ4n) is 6.35. The first-order valence-electron chi connectivity index (χ1n) is 13.9. The Hall–Kier alpha value is -2.85.